The highest BCUT2D eigenvalue weighted by molar-refractivity contribution is 5.79. The van der Waals surface area contributed by atoms with Crippen molar-refractivity contribution in [2.45, 2.75) is 13.8 Å². The van der Waals surface area contributed by atoms with Crippen LogP contribution in [0.1, 0.15) is 11.1 Å². The number of ether oxygens (including phenoxy) is 1. The maximum atomic E-state index is 9.87. The lowest BCUT2D eigenvalue weighted by Crippen LogP contribution is -1.92. The fraction of sp³-hybridized carbons (Fsp3) is 0.176. The van der Waals surface area contributed by atoms with Crippen LogP contribution in [0, 0.1) is 13.8 Å². The summed E-state index contributed by atoms with van der Waals surface area (Å²) in [5, 5.41) is 9.87. The Kier molecular flexibility index (Phi) is 3.22. The number of methoxy groups -OCH3 is 1. The Labute approximate surface area is 123 Å². The highest BCUT2D eigenvalue weighted by Crippen LogP contribution is 2.31. The first-order valence-corrected chi connectivity index (χ1v) is 6.70. The first-order chi connectivity index (χ1) is 10.1. The molecule has 2 aromatic carbocycles. The Hall–Kier alpha value is -2.62. The summed E-state index contributed by atoms with van der Waals surface area (Å²) >= 11 is 0. The minimum atomic E-state index is 0.0944. The van der Waals surface area contributed by atoms with Crippen LogP contribution >= 0.6 is 0 Å². The van der Waals surface area contributed by atoms with Gasteiger partial charge in [0.2, 0.25) is 0 Å². The Morgan fingerprint density at radius 1 is 1.00 bits per heavy atom. The minimum Gasteiger partial charge on any atom is -0.504 e. The number of nitrogens with zero attached hydrogens (tertiary/aromatic N) is 2. The van der Waals surface area contributed by atoms with E-state index in [1.54, 1.807) is 18.3 Å². The van der Waals surface area contributed by atoms with E-state index >= 15 is 0 Å². The second kappa shape index (κ2) is 5.05. The molecule has 1 N–H and O–H groups in total. The van der Waals surface area contributed by atoms with Crippen LogP contribution in [0.3, 0.4) is 0 Å². The fourth-order valence-corrected chi connectivity index (χ4v) is 2.26. The van der Waals surface area contributed by atoms with Crippen molar-refractivity contribution in [3.63, 3.8) is 0 Å². The molecule has 0 fully saturated rings. The summed E-state index contributed by atoms with van der Waals surface area (Å²) in [6, 6.07) is 9.28. The third-order valence-corrected chi connectivity index (χ3v) is 3.63. The molecule has 0 radical (unpaired) electrons. The summed E-state index contributed by atoms with van der Waals surface area (Å²) in [7, 11) is 1.52. The lowest BCUT2D eigenvalue weighted by Gasteiger charge is -2.07. The van der Waals surface area contributed by atoms with Crippen molar-refractivity contribution in [3.8, 4) is 22.8 Å². The molecule has 0 aliphatic heterocycles. The molecule has 106 valence electrons. The quantitative estimate of drug-likeness (QED) is 0.778. The van der Waals surface area contributed by atoms with E-state index in [9.17, 15) is 5.11 Å². The van der Waals surface area contributed by atoms with Crippen molar-refractivity contribution in [1.82, 2.24) is 9.97 Å². The van der Waals surface area contributed by atoms with E-state index in [2.05, 4.69) is 23.8 Å². The average molecular weight is 280 g/mol. The van der Waals surface area contributed by atoms with Crippen molar-refractivity contribution in [3.05, 3.63) is 47.7 Å². The molecule has 3 rings (SSSR count). The van der Waals surface area contributed by atoms with Crippen LogP contribution in [0.5, 0.6) is 11.5 Å². The summed E-state index contributed by atoms with van der Waals surface area (Å²) < 4.78 is 5.05. The molecular weight excluding hydrogens is 264 g/mol. The van der Waals surface area contributed by atoms with Crippen LogP contribution < -0.4 is 4.74 Å². The highest BCUT2D eigenvalue weighted by atomic mass is 16.5. The molecule has 0 saturated carbocycles. The number of hydrogen-bond acceptors (Lipinski definition) is 4. The van der Waals surface area contributed by atoms with Gasteiger partial charge in [-0.25, -0.2) is 4.98 Å². The SMILES string of the molecule is COc1ccc(-c2cnc3cc(C)c(C)cc3n2)cc1O. The lowest BCUT2D eigenvalue weighted by atomic mass is 10.1. The highest BCUT2D eigenvalue weighted by Gasteiger charge is 2.08. The van der Waals surface area contributed by atoms with Gasteiger partial charge < -0.3 is 9.84 Å². The van der Waals surface area contributed by atoms with E-state index in [1.807, 2.05) is 18.2 Å². The summed E-state index contributed by atoms with van der Waals surface area (Å²) in [4.78, 5) is 9.09. The first kappa shape index (κ1) is 13.4. The maximum absolute atomic E-state index is 9.87. The van der Waals surface area contributed by atoms with Crippen molar-refractivity contribution < 1.29 is 9.84 Å². The normalized spacial score (nSPS) is 10.8. The molecule has 4 nitrogen and oxygen atoms in total. The first-order valence-electron chi connectivity index (χ1n) is 6.70. The van der Waals surface area contributed by atoms with Gasteiger partial charge in [-0.05, 0) is 55.3 Å². The van der Waals surface area contributed by atoms with Gasteiger partial charge in [0.1, 0.15) is 0 Å². The predicted octanol–water partition coefficient (Wildman–Crippen LogP) is 3.63. The predicted molar refractivity (Wildman–Crippen MR) is 82.7 cm³/mol. The van der Waals surface area contributed by atoms with Crippen molar-refractivity contribution >= 4 is 11.0 Å². The smallest absolute Gasteiger partial charge is 0.160 e. The van der Waals surface area contributed by atoms with E-state index < -0.39 is 0 Å². The van der Waals surface area contributed by atoms with Gasteiger partial charge in [0, 0.05) is 5.56 Å². The largest absolute Gasteiger partial charge is 0.504 e. The molecule has 4 heteroatoms. The van der Waals surface area contributed by atoms with E-state index in [0.29, 0.717) is 5.75 Å². The molecule has 0 amide bonds. The third kappa shape index (κ3) is 2.40. The second-order valence-corrected chi connectivity index (χ2v) is 5.07. The molecule has 0 atom stereocenters. The average Bonchev–Trinajstić information content (AvgIpc) is 2.48. The zero-order chi connectivity index (χ0) is 15.0. The number of rotatable bonds is 2. The van der Waals surface area contributed by atoms with Crippen molar-refractivity contribution in [2.24, 2.45) is 0 Å². The standard InChI is InChI=1S/C17H16N2O2/c1-10-6-13-14(7-11(10)2)19-15(9-18-13)12-4-5-17(21-3)16(20)8-12/h4-9,20H,1-3H3. The van der Waals surface area contributed by atoms with E-state index in [4.69, 9.17) is 4.74 Å². The van der Waals surface area contributed by atoms with Crippen LogP contribution in [-0.2, 0) is 0 Å². The third-order valence-electron chi connectivity index (χ3n) is 3.63. The molecule has 3 aromatic rings. The van der Waals surface area contributed by atoms with Gasteiger partial charge in [-0.1, -0.05) is 0 Å². The number of aromatic nitrogens is 2. The molecule has 1 heterocycles. The number of benzene rings is 2. The fourth-order valence-electron chi connectivity index (χ4n) is 2.26. The number of aryl methyl sites for hydroxylation is 2. The monoisotopic (exact) mass is 280 g/mol. The van der Waals surface area contributed by atoms with Gasteiger partial charge in [0.25, 0.3) is 0 Å². The zero-order valence-electron chi connectivity index (χ0n) is 12.2. The summed E-state index contributed by atoms with van der Waals surface area (Å²) in [6.45, 7) is 4.12. The lowest BCUT2D eigenvalue weighted by molar-refractivity contribution is 0.373. The van der Waals surface area contributed by atoms with Gasteiger partial charge in [0.15, 0.2) is 11.5 Å². The topological polar surface area (TPSA) is 55.2 Å². The van der Waals surface area contributed by atoms with Crippen LogP contribution in [-0.4, -0.2) is 22.2 Å². The number of fused-ring (bicyclic) bond motifs is 1. The molecule has 0 saturated heterocycles. The minimum absolute atomic E-state index is 0.0944. The van der Waals surface area contributed by atoms with Crippen molar-refractivity contribution in [1.29, 1.82) is 0 Å². The summed E-state index contributed by atoms with van der Waals surface area (Å²) in [5.41, 5.74) is 5.65. The number of phenols is 1. The Morgan fingerprint density at radius 2 is 1.71 bits per heavy atom. The van der Waals surface area contributed by atoms with Gasteiger partial charge in [0.05, 0.1) is 30.0 Å². The molecule has 0 spiro atoms. The van der Waals surface area contributed by atoms with Gasteiger partial charge in [-0.2, -0.15) is 0 Å². The van der Waals surface area contributed by atoms with Gasteiger partial charge >= 0.3 is 0 Å². The molecule has 0 bridgehead atoms. The van der Waals surface area contributed by atoms with E-state index in [0.717, 1.165) is 22.3 Å². The van der Waals surface area contributed by atoms with Crippen LogP contribution in [0.2, 0.25) is 0 Å². The van der Waals surface area contributed by atoms with Crippen molar-refractivity contribution in [2.75, 3.05) is 7.11 Å². The Balaban J connectivity index is 2.12. The molecule has 0 aliphatic rings. The molecule has 0 aliphatic carbocycles. The second-order valence-electron chi connectivity index (χ2n) is 5.07. The van der Waals surface area contributed by atoms with E-state index in [-0.39, 0.29) is 5.75 Å². The summed E-state index contributed by atoms with van der Waals surface area (Å²) in [6.07, 6.45) is 1.72. The molecule has 21 heavy (non-hydrogen) atoms. The molecule has 1 aromatic heterocycles. The van der Waals surface area contributed by atoms with Gasteiger partial charge in [-0.15, -0.1) is 0 Å². The Bertz CT molecular complexity index is 828. The zero-order valence-corrected chi connectivity index (χ0v) is 12.2. The molecular formula is C17H16N2O2. The van der Waals surface area contributed by atoms with Gasteiger partial charge in [-0.3, -0.25) is 4.98 Å². The number of hydrogen-bond donors (Lipinski definition) is 1. The number of aromatic hydroxyl groups is 1. The summed E-state index contributed by atoms with van der Waals surface area (Å²) in [5.74, 6) is 0.538. The number of phenolic OH excluding ortho intramolecular Hbond substituents is 1. The Morgan fingerprint density at radius 3 is 2.38 bits per heavy atom. The van der Waals surface area contributed by atoms with Crippen LogP contribution in [0.25, 0.3) is 22.3 Å². The maximum Gasteiger partial charge on any atom is 0.160 e. The molecule has 0 unspecified atom stereocenters. The van der Waals surface area contributed by atoms with Crippen LogP contribution in [0.4, 0.5) is 0 Å². The van der Waals surface area contributed by atoms with E-state index in [1.165, 1.54) is 18.2 Å². The van der Waals surface area contributed by atoms with Crippen LogP contribution in [0.15, 0.2) is 36.5 Å².